The Morgan fingerprint density at radius 2 is 0.711 bits per heavy atom. The van der Waals surface area contributed by atoms with Crippen molar-refractivity contribution in [2.75, 3.05) is 10.6 Å². The summed E-state index contributed by atoms with van der Waals surface area (Å²) in [6, 6.07) is 30.9. The molecule has 0 amide bonds. The van der Waals surface area contributed by atoms with Crippen molar-refractivity contribution in [1.82, 2.24) is 0 Å². The summed E-state index contributed by atoms with van der Waals surface area (Å²) in [6.07, 6.45) is 0. The fraction of sp³-hybridized carbons (Fsp3) is 0.0270. The van der Waals surface area contributed by atoms with Gasteiger partial charge in [-0.3, -0.25) is 0 Å². The molecule has 1 spiro atoms. The van der Waals surface area contributed by atoms with E-state index in [-0.39, 0.29) is 11.4 Å². The molecule has 2 aliphatic carbocycles. The highest BCUT2D eigenvalue weighted by Gasteiger charge is 2.51. The summed E-state index contributed by atoms with van der Waals surface area (Å²) in [6.45, 7) is 0. The van der Waals surface area contributed by atoms with Crippen LogP contribution in [-0.2, 0) is 5.41 Å². The zero-order valence-electron chi connectivity index (χ0n) is 23.2. The smallest absolute Gasteiger partial charge is 0.194 e. The Morgan fingerprint density at radius 3 is 1.11 bits per heavy atom. The number of halogens is 6. The van der Waals surface area contributed by atoms with Gasteiger partial charge in [0.05, 0.1) is 5.41 Å². The van der Waals surface area contributed by atoms with Crippen LogP contribution in [0.1, 0.15) is 22.3 Å². The first-order chi connectivity index (χ1) is 21.8. The number of hydrogen-bond donors (Lipinski definition) is 2. The molecule has 0 atom stereocenters. The number of rotatable bonds is 4. The maximum Gasteiger partial charge on any atom is 0.194 e. The fourth-order valence-electron chi connectivity index (χ4n) is 6.88. The van der Waals surface area contributed by atoms with Crippen molar-refractivity contribution in [2.24, 2.45) is 0 Å². The first kappa shape index (κ1) is 27.1. The van der Waals surface area contributed by atoms with Gasteiger partial charge < -0.3 is 10.6 Å². The Labute approximate surface area is 253 Å². The van der Waals surface area contributed by atoms with Gasteiger partial charge in [-0.05, 0) is 68.8 Å². The van der Waals surface area contributed by atoms with Crippen LogP contribution in [0.4, 0.5) is 49.1 Å². The Morgan fingerprint density at radius 1 is 0.356 bits per heavy atom. The molecule has 0 heterocycles. The van der Waals surface area contributed by atoms with Gasteiger partial charge in [0.25, 0.3) is 0 Å². The summed E-state index contributed by atoms with van der Waals surface area (Å²) in [5, 5.41) is 6.04. The van der Waals surface area contributed by atoms with Crippen LogP contribution in [0.15, 0.2) is 109 Å². The van der Waals surface area contributed by atoms with Crippen molar-refractivity contribution in [3.8, 4) is 22.3 Å². The second-order valence-electron chi connectivity index (χ2n) is 11.1. The molecule has 6 aromatic carbocycles. The Hall–Kier alpha value is -5.50. The highest BCUT2D eigenvalue weighted by molar-refractivity contribution is 5.96. The van der Waals surface area contributed by atoms with Gasteiger partial charge in [0.2, 0.25) is 0 Å². The zero-order chi connectivity index (χ0) is 31.0. The van der Waals surface area contributed by atoms with Gasteiger partial charge in [0.15, 0.2) is 34.9 Å². The predicted octanol–water partition coefficient (Wildman–Crippen LogP) is 10.4. The molecule has 220 valence electrons. The van der Waals surface area contributed by atoms with E-state index in [1.165, 1.54) is 0 Å². The topological polar surface area (TPSA) is 24.1 Å². The van der Waals surface area contributed by atoms with Gasteiger partial charge in [0, 0.05) is 47.0 Å². The van der Waals surface area contributed by atoms with Crippen LogP contribution >= 0.6 is 0 Å². The molecule has 8 rings (SSSR count). The first-order valence-electron chi connectivity index (χ1n) is 14.1. The minimum Gasteiger partial charge on any atom is -0.355 e. The maximum absolute atomic E-state index is 14.0. The van der Waals surface area contributed by atoms with Gasteiger partial charge in [-0.1, -0.05) is 60.7 Å². The van der Waals surface area contributed by atoms with Crippen molar-refractivity contribution in [3.63, 3.8) is 0 Å². The van der Waals surface area contributed by atoms with Crippen LogP contribution in [-0.4, -0.2) is 0 Å². The molecule has 0 saturated carbocycles. The molecule has 0 unspecified atom stereocenters. The molecule has 0 aliphatic heterocycles. The molecule has 0 bridgehead atoms. The summed E-state index contributed by atoms with van der Waals surface area (Å²) < 4.78 is 83.5. The average molecular weight is 607 g/mol. The standard InChI is InChI=1S/C37H20F6N2/c38-31-15-21(16-32(39)35(31)42)44-19-9-11-25-23-5-1-3-7-27(23)37(29(25)13-19)28-8-4-2-6-24(28)26-12-10-20(14-30(26)37)45-22-17-33(40)36(43)34(41)18-22/h1-18,44-45H. The summed E-state index contributed by atoms with van der Waals surface area (Å²) in [5.41, 5.74) is 8.07. The minimum atomic E-state index is -1.54. The van der Waals surface area contributed by atoms with Crippen LogP contribution in [0.25, 0.3) is 22.3 Å². The predicted molar refractivity (Wildman–Crippen MR) is 162 cm³/mol. The number of fused-ring (bicyclic) bond motifs is 10. The van der Waals surface area contributed by atoms with Crippen molar-refractivity contribution in [3.05, 3.63) is 166 Å². The lowest BCUT2D eigenvalue weighted by Crippen LogP contribution is -2.26. The third-order valence-corrected chi connectivity index (χ3v) is 8.63. The van der Waals surface area contributed by atoms with Crippen LogP contribution in [0, 0.1) is 34.9 Å². The van der Waals surface area contributed by atoms with E-state index in [1.54, 1.807) is 12.1 Å². The molecule has 8 heteroatoms. The monoisotopic (exact) mass is 606 g/mol. The highest BCUT2D eigenvalue weighted by atomic mass is 19.2. The van der Waals surface area contributed by atoms with Crippen molar-refractivity contribution >= 4 is 22.7 Å². The molecule has 2 nitrogen and oxygen atoms in total. The molecule has 0 saturated heterocycles. The largest absolute Gasteiger partial charge is 0.355 e. The summed E-state index contributed by atoms with van der Waals surface area (Å²) in [4.78, 5) is 0. The average Bonchev–Trinajstić information content (AvgIpc) is 3.49. The van der Waals surface area contributed by atoms with Crippen LogP contribution < -0.4 is 10.6 Å². The number of nitrogens with one attached hydrogen (secondary N) is 2. The van der Waals surface area contributed by atoms with Gasteiger partial charge >= 0.3 is 0 Å². The molecule has 0 radical (unpaired) electrons. The summed E-state index contributed by atoms with van der Waals surface area (Å²) in [7, 11) is 0. The maximum atomic E-state index is 14.0. The molecule has 0 fully saturated rings. The molecule has 2 N–H and O–H groups in total. The van der Waals surface area contributed by atoms with E-state index in [9.17, 15) is 26.3 Å². The zero-order valence-corrected chi connectivity index (χ0v) is 23.2. The molecular weight excluding hydrogens is 586 g/mol. The minimum absolute atomic E-state index is 0.0494. The van der Waals surface area contributed by atoms with E-state index in [2.05, 4.69) is 22.8 Å². The quantitative estimate of drug-likeness (QED) is 0.154. The normalized spacial score (nSPS) is 13.3. The SMILES string of the molecule is Fc1cc(Nc2ccc3c(c2)C2(c4ccccc4-3)c3ccccc3-c3ccc(Nc4cc(F)c(F)c(F)c4)cc32)cc(F)c1F. The number of benzene rings is 6. The Balaban J connectivity index is 1.34. The lowest BCUT2D eigenvalue weighted by molar-refractivity contribution is 0.448. The van der Waals surface area contributed by atoms with E-state index in [1.807, 2.05) is 60.7 Å². The van der Waals surface area contributed by atoms with E-state index in [4.69, 9.17) is 0 Å². The lowest BCUT2D eigenvalue weighted by Gasteiger charge is -2.31. The highest BCUT2D eigenvalue weighted by Crippen LogP contribution is 2.63. The first-order valence-corrected chi connectivity index (χ1v) is 14.1. The van der Waals surface area contributed by atoms with Gasteiger partial charge in [-0.2, -0.15) is 0 Å². The molecule has 45 heavy (non-hydrogen) atoms. The van der Waals surface area contributed by atoms with Crippen molar-refractivity contribution in [1.29, 1.82) is 0 Å². The Kier molecular flexibility index (Phi) is 5.87. The molecule has 6 aromatic rings. The third-order valence-electron chi connectivity index (χ3n) is 8.63. The van der Waals surface area contributed by atoms with Gasteiger partial charge in [-0.15, -0.1) is 0 Å². The van der Waals surface area contributed by atoms with Gasteiger partial charge in [0.1, 0.15) is 0 Å². The van der Waals surface area contributed by atoms with E-state index in [0.717, 1.165) is 68.8 Å². The van der Waals surface area contributed by atoms with Crippen molar-refractivity contribution < 1.29 is 26.3 Å². The van der Waals surface area contributed by atoms with Crippen LogP contribution in [0.5, 0.6) is 0 Å². The summed E-state index contributed by atoms with van der Waals surface area (Å²) in [5.74, 6) is -8.30. The second kappa shape index (κ2) is 9.75. The fourth-order valence-corrected chi connectivity index (χ4v) is 6.88. The van der Waals surface area contributed by atoms with Crippen LogP contribution in [0.2, 0.25) is 0 Å². The van der Waals surface area contributed by atoms with Crippen LogP contribution in [0.3, 0.4) is 0 Å². The second-order valence-corrected chi connectivity index (χ2v) is 11.1. The van der Waals surface area contributed by atoms with E-state index in [0.29, 0.717) is 11.4 Å². The van der Waals surface area contributed by atoms with E-state index >= 15 is 0 Å². The third kappa shape index (κ3) is 3.91. The lowest BCUT2D eigenvalue weighted by atomic mass is 9.70. The summed E-state index contributed by atoms with van der Waals surface area (Å²) >= 11 is 0. The Bertz CT molecular complexity index is 2010. The molecular formula is C37H20F6N2. The van der Waals surface area contributed by atoms with Gasteiger partial charge in [-0.25, -0.2) is 26.3 Å². The number of hydrogen-bond acceptors (Lipinski definition) is 2. The number of anilines is 4. The molecule has 2 aliphatic rings. The van der Waals surface area contributed by atoms with E-state index < -0.39 is 40.3 Å². The molecule has 0 aromatic heterocycles. The van der Waals surface area contributed by atoms with Crippen molar-refractivity contribution in [2.45, 2.75) is 5.41 Å².